The van der Waals surface area contributed by atoms with E-state index in [1.807, 2.05) is 31.2 Å². The number of hydrazine groups is 1. The van der Waals surface area contributed by atoms with Crippen LogP contribution in [0.2, 0.25) is 0 Å². The van der Waals surface area contributed by atoms with E-state index >= 15 is 0 Å². The number of aryl methyl sites for hydroxylation is 1. The third-order valence-electron chi connectivity index (χ3n) is 5.58. The van der Waals surface area contributed by atoms with E-state index in [2.05, 4.69) is 20.9 Å². The molecular formula is C23H23FN6O3S. The van der Waals surface area contributed by atoms with Crippen molar-refractivity contribution in [3.63, 3.8) is 0 Å². The summed E-state index contributed by atoms with van der Waals surface area (Å²) < 4.78 is 16.2. The summed E-state index contributed by atoms with van der Waals surface area (Å²) in [5.74, 6) is -1.41. The Morgan fingerprint density at radius 2 is 1.85 bits per heavy atom. The minimum Gasteiger partial charge on any atom is -0.322 e. The van der Waals surface area contributed by atoms with Crippen LogP contribution in [-0.2, 0) is 9.59 Å². The van der Waals surface area contributed by atoms with E-state index in [4.69, 9.17) is 0 Å². The number of hydrogen-bond acceptors (Lipinski definition) is 6. The number of amides is 4. The van der Waals surface area contributed by atoms with Crippen LogP contribution in [0.1, 0.15) is 25.8 Å². The molecule has 0 saturated carbocycles. The third kappa shape index (κ3) is 4.38. The predicted molar refractivity (Wildman–Crippen MR) is 124 cm³/mol. The van der Waals surface area contributed by atoms with Gasteiger partial charge in [0.1, 0.15) is 11.4 Å². The summed E-state index contributed by atoms with van der Waals surface area (Å²) in [6, 6.07) is 13.1. The topological polar surface area (TPSA) is 109 Å². The van der Waals surface area contributed by atoms with Crippen LogP contribution in [0.5, 0.6) is 0 Å². The lowest BCUT2D eigenvalue weighted by atomic mass is 10.00. The van der Waals surface area contributed by atoms with E-state index in [1.54, 1.807) is 36.6 Å². The van der Waals surface area contributed by atoms with Crippen molar-refractivity contribution in [1.82, 2.24) is 30.5 Å². The molecule has 1 atom stereocenters. The van der Waals surface area contributed by atoms with E-state index in [1.165, 1.54) is 6.07 Å². The van der Waals surface area contributed by atoms with Gasteiger partial charge in [-0.3, -0.25) is 19.6 Å². The Hall–Kier alpha value is -3.73. The van der Waals surface area contributed by atoms with Crippen molar-refractivity contribution >= 4 is 29.6 Å². The lowest BCUT2D eigenvalue weighted by molar-refractivity contribution is -0.137. The molecule has 0 radical (unpaired) electrons. The molecule has 2 N–H and O–H groups in total. The summed E-state index contributed by atoms with van der Waals surface area (Å²) in [5.41, 5.74) is 3.30. The molecule has 0 bridgehead atoms. The molecule has 9 nitrogen and oxygen atoms in total. The average Bonchev–Trinajstić information content (AvgIpc) is 3.33. The molecule has 2 aromatic carbocycles. The van der Waals surface area contributed by atoms with Gasteiger partial charge in [-0.15, -0.1) is 10.2 Å². The summed E-state index contributed by atoms with van der Waals surface area (Å²) in [5, 5.41) is 12.0. The average molecular weight is 483 g/mol. The zero-order valence-corrected chi connectivity index (χ0v) is 19.6. The van der Waals surface area contributed by atoms with Crippen LogP contribution >= 0.6 is 11.8 Å². The zero-order chi connectivity index (χ0) is 24.5. The first-order chi connectivity index (χ1) is 16.2. The van der Waals surface area contributed by atoms with Gasteiger partial charge in [0.05, 0.1) is 11.3 Å². The minimum atomic E-state index is -1.06. The fourth-order valence-electron chi connectivity index (χ4n) is 3.42. The fourth-order valence-corrected chi connectivity index (χ4v) is 4.16. The molecule has 11 heteroatoms. The first kappa shape index (κ1) is 23.4. The largest absolute Gasteiger partial charge is 0.344 e. The molecule has 1 saturated heterocycles. The summed E-state index contributed by atoms with van der Waals surface area (Å²) in [6.45, 7) is 5.32. The molecule has 1 fully saturated rings. The highest BCUT2D eigenvalue weighted by molar-refractivity contribution is 7.99. The standard InChI is InChI=1S/C23H23FN6O3S/c1-4-23(3)20(32)30(21(33)25-23)28-18(31)13-34-22-27-26-19(16-7-5-6-8-17(16)24)29(22)15-11-9-14(2)10-12-15/h5-12H,4,13H2,1-3H3,(H,25,33)(H,28,31). The molecule has 2 heterocycles. The van der Waals surface area contributed by atoms with Gasteiger partial charge in [0, 0.05) is 5.69 Å². The number of aromatic nitrogens is 3. The number of imide groups is 1. The molecule has 1 unspecified atom stereocenters. The third-order valence-corrected chi connectivity index (χ3v) is 6.51. The molecule has 1 aliphatic rings. The molecule has 1 aliphatic heterocycles. The van der Waals surface area contributed by atoms with Gasteiger partial charge in [-0.25, -0.2) is 9.18 Å². The number of rotatable bonds is 7. The van der Waals surface area contributed by atoms with Crippen molar-refractivity contribution in [3.05, 3.63) is 59.9 Å². The highest BCUT2D eigenvalue weighted by Gasteiger charge is 2.47. The second-order valence-electron chi connectivity index (χ2n) is 8.04. The molecule has 0 aliphatic carbocycles. The minimum absolute atomic E-state index is 0.152. The summed E-state index contributed by atoms with van der Waals surface area (Å²) in [6.07, 6.45) is 0.386. The Morgan fingerprint density at radius 1 is 1.15 bits per heavy atom. The number of thioether (sulfide) groups is 1. The van der Waals surface area contributed by atoms with E-state index in [0.29, 0.717) is 22.3 Å². The van der Waals surface area contributed by atoms with Crippen LogP contribution in [0, 0.1) is 12.7 Å². The van der Waals surface area contributed by atoms with Gasteiger partial charge in [0.2, 0.25) is 5.91 Å². The Morgan fingerprint density at radius 3 is 2.50 bits per heavy atom. The lowest BCUT2D eigenvalue weighted by Crippen LogP contribution is -2.49. The Bertz CT molecular complexity index is 1260. The maximum Gasteiger partial charge on any atom is 0.344 e. The Balaban J connectivity index is 1.57. The quantitative estimate of drug-likeness (QED) is 0.395. The molecule has 4 amide bonds. The predicted octanol–water partition coefficient (Wildman–Crippen LogP) is 3.23. The number of carbonyl (C=O) groups is 3. The van der Waals surface area contributed by atoms with Gasteiger partial charge in [0.15, 0.2) is 11.0 Å². The van der Waals surface area contributed by atoms with Crippen LogP contribution in [0.3, 0.4) is 0 Å². The highest BCUT2D eigenvalue weighted by atomic mass is 32.2. The number of nitrogens with one attached hydrogen (secondary N) is 2. The van der Waals surface area contributed by atoms with Crippen LogP contribution in [-0.4, -0.2) is 48.9 Å². The molecular weight excluding hydrogens is 459 g/mol. The van der Waals surface area contributed by atoms with Gasteiger partial charge in [-0.2, -0.15) is 5.01 Å². The molecule has 176 valence electrons. The van der Waals surface area contributed by atoms with Crippen molar-refractivity contribution in [2.45, 2.75) is 37.9 Å². The fraction of sp³-hybridized carbons (Fsp3) is 0.261. The highest BCUT2D eigenvalue weighted by Crippen LogP contribution is 2.29. The first-order valence-corrected chi connectivity index (χ1v) is 11.6. The van der Waals surface area contributed by atoms with Gasteiger partial charge in [-0.05, 0) is 44.5 Å². The number of nitrogens with zero attached hydrogens (tertiary/aromatic N) is 4. The van der Waals surface area contributed by atoms with Gasteiger partial charge in [0.25, 0.3) is 5.91 Å². The van der Waals surface area contributed by atoms with Gasteiger partial charge in [-0.1, -0.05) is 48.5 Å². The monoisotopic (exact) mass is 482 g/mol. The maximum atomic E-state index is 14.5. The SMILES string of the molecule is CCC1(C)NC(=O)N(NC(=O)CSc2nnc(-c3ccccc3F)n2-c2ccc(C)cc2)C1=O. The smallest absolute Gasteiger partial charge is 0.322 e. The lowest BCUT2D eigenvalue weighted by Gasteiger charge is -2.19. The van der Waals surface area contributed by atoms with Gasteiger partial charge < -0.3 is 5.32 Å². The van der Waals surface area contributed by atoms with E-state index in [-0.39, 0.29) is 17.1 Å². The molecule has 1 aromatic heterocycles. The van der Waals surface area contributed by atoms with Crippen LogP contribution < -0.4 is 10.7 Å². The zero-order valence-electron chi connectivity index (χ0n) is 18.8. The summed E-state index contributed by atoms with van der Waals surface area (Å²) in [4.78, 5) is 37.2. The van der Waals surface area contributed by atoms with E-state index in [0.717, 1.165) is 17.3 Å². The second kappa shape index (κ2) is 9.26. The maximum absolute atomic E-state index is 14.5. The number of benzene rings is 2. The van der Waals surface area contributed by atoms with Crippen molar-refractivity contribution < 1.29 is 18.8 Å². The molecule has 4 rings (SSSR count). The Kier molecular flexibility index (Phi) is 6.38. The summed E-state index contributed by atoms with van der Waals surface area (Å²) in [7, 11) is 0. The van der Waals surface area contributed by atoms with Crippen molar-refractivity contribution in [2.24, 2.45) is 0 Å². The number of urea groups is 1. The second-order valence-corrected chi connectivity index (χ2v) is 8.98. The van der Waals surface area contributed by atoms with Crippen LogP contribution in [0.25, 0.3) is 17.1 Å². The normalized spacial score (nSPS) is 17.7. The molecule has 0 spiro atoms. The summed E-state index contributed by atoms with van der Waals surface area (Å²) >= 11 is 1.05. The number of halogens is 1. The molecule has 3 aromatic rings. The van der Waals surface area contributed by atoms with Crippen molar-refractivity contribution in [2.75, 3.05) is 5.75 Å². The number of carbonyl (C=O) groups excluding carboxylic acids is 3. The Labute approximate surface area is 199 Å². The van der Waals surface area contributed by atoms with E-state index < -0.39 is 29.2 Å². The molecule has 34 heavy (non-hydrogen) atoms. The van der Waals surface area contributed by atoms with Crippen molar-refractivity contribution in [1.29, 1.82) is 0 Å². The van der Waals surface area contributed by atoms with Crippen LogP contribution in [0.15, 0.2) is 53.7 Å². The number of hydrogen-bond donors (Lipinski definition) is 2. The first-order valence-electron chi connectivity index (χ1n) is 10.6. The van der Waals surface area contributed by atoms with Crippen molar-refractivity contribution in [3.8, 4) is 17.1 Å². The van der Waals surface area contributed by atoms with Crippen LogP contribution in [0.4, 0.5) is 9.18 Å². The van der Waals surface area contributed by atoms with E-state index in [9.17, 15) is 18.8 Å². The van der Waals surface area contributed by atoms with Gasteiger partial charge >= 0.3 is 6.03 Å².